The summed E-state index contributed by atoms with van der Waals surface area (Å²) in [4.78, 5) is 41.6. The zero-order valence-electron chi connectivity index (χ0n) is 19.4. The van der Waals surface area contributed by atoms with Crippen LogP contribution in [-0.2, 0) is 17.9 Å². The maximum absolute atomic E-state index is 13.2. The fourth-order valence-corrected chi connectivity index (χ4v) is 4.85. The van der Waals surface area contributed by atoms with Crippen molar-refractivity contribution in [1.82, 2.24) is 25.3 Å². The molecular formula is C24H31N5O3S. The van der Waals surface area contributed by atoms with E-state index in [-0.39, 0.29) is 36.0 Å². The highest BCUT2D eigenvalue weighted by atomic mass is 32.2. The molecule has 1 fully saturated rings. The SMILES string of the molecule is CSc1ccc(CNC(=O)c2cc3n(n2)C[C@](C)(C(=O)NC2CCCCC2)N(C)C3=O)cc1. The molecule has 8 nitrogen and oxygen atoms in total. The Morgan fingerprint density at radius 1 is 1.18 bits per heavy atom. The van der Waals surface area contributed by atoms with Crippen molar-refractivity contribution in [3.63, 3.8) is 0 Å². The van der Waals surface area contributed by atoms with Crippen LogP contribution in [0.5, 0.6) is 0 Å². The lowest BCUT2D eigenvalue weighted by Crippen LogP contribution is -2.63. The molecule has 0 radical (unpaired) electrons. The number of nitrogens with zero attached hydrogens (tertiary/aromatic N) is 3. The van der Waals surface area contributed by atoms with Gasteiger partial charge in [-0.15, -0.1) is 11.8 Å². The van der Waals surface area contributed by atoms with E-state index >= 15 is 0 Å². The summed E-state index contributed by atoms with van der Waals surface area (Å²) < 4.78 is 1.49. The lowest BCUT2D eigenvalue weighted by Gasteiger charge is -2.41. The molecule has 0 spiro atoms. The third-order valence-electron chi connectivity index (χ3n) is 6.78. The maximum Gasteiger partial charge on any atom is 0.272 e. The summed E-state index contributed by atoms with van der Waals surface area (Å²) in [5, 5.41) is 10.4. The Hall–Kier alpha value is -2.81. The van der Waals surface area contributed by atoms with Crippen LogP contribution in [0.15, 0.2) is 35.2 Å². The smallest absolute Gasteiger partial charge is 0.272 e. The first-order chi connectivity index (χ1) is 15.8. The summed E-state index contributed by atoms with van der Waals surface area (Å²) in [7, 11) is 1.64. The Kier molecular flexibility index (Phi) is 6.78. The van der Waals surface area contributed by atoms with Gasteiger partial charge in [-0.25, -0.2) is 0 Å². The molecule has 0 unspecified atom stereocenters. The van der Waals surface area contributed by atoms with Crippen LogP contribution in [0.25, 0.3) is 0 Å². The Bertz CT molecular complexity index is 1040. The average molecular weight is 470 g/mol. The molecule has 1 aromatic carbocycles. The van der Waals surface area contributed by atoms with Gasteiger partial charge < -0.3 is 15.5 Å². The van der Waals surface area contributed by atoms with E-state index in [4.69, 9.17) is 0 Å². The van der Waals surface area contributed by atoms with E-state index in [9.17, 15) is 14.4 Å². The van der Waals surface area contributed by atoms with Gasteiger partial charge in [-0.05, 0) is 43.7 Å². The van der Waals surface area contributed by atoms with Crippen molar-refractivity contribution >= 4 is 29.5 Å². The van der Waals surface area contributed by atoms with Gasteiger partial charge in [0.1, 0.15) is 11.2 Å². The summed E-state index contributed by atoms with van der Waals surface area (Å²) in [6, 6.07) is 9.61. The summed E-state index contributed by atoms with van der Waals surface area (Å²) in [5.74, 6) is -0.845. The molecular weight excluding hydrogens is 438 g/mol. The molecule has 0 bridgehead atoms. The summed E-state index contributed by atoms with van der Waals surface area (Å²) >= 11 is 1.66. The molecule has 2 aliphatic rings. The van der Waals surface area contributed by atoms with E-state index < -0.39 is 5.54 Å². The van der Waals surface area contributed by atoms with E-state index in [0.29, 0.717) is 12.2 Å². The molecule has 1 atom stereocenters. The fourth-order valence-electron chi connectivity index (χ4n) is 4.44. The number of likely N-dealkylation sites (N-methyl/N-ethyl adjacent to an activating group) is 1. The van der Waals surface area contributed by atoms with Gasteiger partial charge in [-0.3, -0.25) is 19.1 Å². The normalized spacial score (nSPS) is 20.9. The molecule has 4 rings (SSSR count). The van der Waals surface area contributed by atoms with E-state index in [1.165, 1.54) is 22.1 Å². The van der Waals surface area contributed by atoms with E-state index in [1.807, 2.05) is 30.5 Å². The number of carbonyl (C=O) groups is 3. The lowest BCUT2D eigenvalue weighted by molar-refractivity contribution is -0.133. The van der Waals surface area contributed by atoms with Crippen molar-refractivity contribution in [2.75, 3.05) is 13.3 Å². The van der Waals surface area contributed by atoms with E-state index in [1.54, 1.807) is 25.7 Å². The number of carbonyl (C=O) groups excluding carboxylic acids is 3. The molecule has 33 heavy (non-hydrogen) atoms. The number of hydrogen-bond donors (Lipinski definition) is 2. The number of rotatable bonds is 6. The van der Waals surface area contributed by atoms with Crippen LogP contribution >= 0.6 is 11.8 Å². The number of fused-ring (bicyclic) bond motifs is 1. The third kappa shape index (κ3) is 4.78. The van der Waals surface area contributed by atoms with Crippen LogP contribution in [0.1, 0.15) is 65.6 Å². The first kappa shape index (κ1) is 23.4. The molecule has 2 aromatic rings. The summed E-state index contributed by atoms with van der Waals surface area (Å²) in [5.41, 5.74) is 0.396. The van der Waals surface area contributed by atoms with Crippen LogP contribution in [0.4, 0.5) is 0 Å². The highest BCUT2D eigenvalue weighted by molar-refractivity contribution is 7.98. The molecule has 1 aliphatic carbocycles. The second-order valence-electron chi connectivity index (χ2n) is 9.05. The van der Waals surface area contributed by atoms with Crippen molar-refractivity contribution < 1.29 is 14.4 Å². The Morgan fingerprint density at radius 2 is 1.88 bits per heavy atom. The van der Waals surface area contributed by atoms with Crippen molar-refractivity contribution in [3.05, 3.63) is 47.3 Å². The van der Waals surface area contributed by atoms with Gasteiger partial charge in [0.2, 0.25) is 5.91 Å². The van der Waals surface area contributed by atoms with Crippen LogP contribution in [0.2, 0.25) is 0 Å². The number of hydrogen-bond acceptors (Lipinski definition) is 5. The number of amides is 3. The molecule has 176 valence electrons. The molecule has 3 amide bonds. The van der Waals surface area contributed by atoms with Gasteiger partial charge in [-0.1, -0.05) is 31.4 Å². The molecule has 2 N–H and O–H groups in total. The predicted molar refractivity (Wildman–Crippen MR) is 127 cm³/mol. The second kappa shape index (κ2) is 9.59. The fraction of sp³-hybridized carbons (Fsp3) is 0.500. The quantitative estimate of drug-likeness (QED) is 0.635. The topological polar surface area (TPSA) is 96.3 Å². The summed E-state index contributed by atoms with van der Waals surface area (Å²) in [6.07, 6.45) is 7.38. The van der Waals surface area contributed by atoms with Gasteiger partial charge in [0, 0.05) is 30.6 Å². The Balaban J connectivity index is 1.45. The standard InChI is InChI=1S/C24H31N5O3S/c1-24(23(32)26-17-7-5-4-6-8-17)15-29-20(22(31)28(24)2)13-19(27-29)21(30)25-14-16-9-11-18(33-3)12-10-16/h9-13,17H,4-8,14-15H2,1-3H3,(H,25,30)(H,26,32)/t24-/m1/s1. The van der Waals surface area contributed by atoms with Crippen LogP contribution < -0.4 is 10.6 Å². The zero-order valence-corrected chi connectivity index (χ0v) is 20.2. The number of benzene rings is 1. The number of aromatic nitrogens is 2. The van der Waals surface area contributed by atoms with Crippen molar-refractivity contribution in [1.29, 1.82) is 0 Å². The van der Waals surface area contributed by atoms with Crippen molar-refractivity contribution in [3.8, 4) is 0 Å². The van der Waals surface area contributed by atoms with Crippen LogP contribution in [0.3, 0.4) is 0 Å². The molecule has 1 saturated carbocycles. The van der Waals surface area contributed by atoms with Crippen LogP contribution in [0, 0.1) is 0 Å². The molecule has 2 heterocycles. The van der Waals surface area contributed by atoms with Gasteiger partial charge in [0.05, 0.1) is 6.54 Å². The monoisotopic (exact) mass is 469 g/mol. The molecule has 1 aliphatic heterocycles. The van der Waals surface area contributed by atoms with E-state index in [2.05, 4.69) is 15.7 Å². The number of thioether (sulfide) groups is 1. The highest BCUT2D eigenvalue weighted by Gasteiger charge is 2.46. The van der Waals surface area contributed by atoms with Gasteiger partial charge in [0.25, 0.3) is 11.8 Å². The van der Waals surface area contributed by atoms with Crippen molar-refractivity contribution in [2.45, 2.75) is 68.6 Å². The third-order valence-corrected chi connectivity index (χ3v) is 7.52. The van der Waals surface area contributed by atoms with Crippen LogP contribution in [-0.4, -0.2) is 57.3 Å². The van der Waals surface area contributed by atoms with Crippen molar-refractivity contribution in [2.24, 2.45) is 0 Å². The van der Waals surface area contributed by atoms with Gasteiger partial charge in [-0.2, -0.15) is 5.10 Å². The first-order valence-corrected chi connectivity index (χ1v) is 12.6. The van der Waals surface area contributed by atoms with E-state index in [0.717, 1.165) is 36.1 Å². The number of nitrogens with one attached hydrogen (secondary N) is 2. The Morgan fingerprint density at radius 3 is 2.55 bits per heavy atom. The highest BCUT2D eigenvalue weighted by Crippen LogP contribution is 2.27. The lowest BCUT2D eigenvalue weighted by atomic mass is 9.92. The van der Waals surface area contributed by atoms with Gasteiger partial charge >= 0.3 is 0 Å². The summed E-state index contributed by atoms with van der Waals surface area (Å²) in [6.45, 7) is 2.32. The maximum atomic E-state index is 13.2. The molecule has 0 saturated heterocycles. The van der Waals surface area contributed by atoms with Gasteiger partial charge in [0.15, 0.2) is 5.69 Å². The molecule has 9 heteroatoms. The minimum absolute atomic E-state index is 0.150. The average Bonchev–Trinajstić information content (AvgIpc) is 3.26. The largest absolute Gasteiger partial charge is 0.351 e. The predicted octanol–water partition coefficient (Wildman–Crippen LogP) is 2.83. The molecule has 1 aromatic heterocycles. The zero-order chi connectivity index (χ0) is 23.6. The second-order valence-corrected chi connectivity index (χ2v) is 9.93. The first-order valence-electron chi connectivity index (χ1n) is 11.4. The Labute approximate surface area is 198 Å². The minimum Gasteiger partial charge on any atom is -0.351 e. The minimum atomic E-state index is -1.07.